The SMILES string of the molecule is CN1CC[C@H](c2cc[c]cc2)C1. The summed E-state index contributed by atoms with van der Waals surface area (Å²) in [4.78, 5) is 2.39. The fourth-order valence-corrected chi connectivity index (χ4v) is 1.88. The number of hydrogen-bond donors (Lipinski definition) is 0. The van der Waals surface area contributed by atoms with Gasteiger partial charge >= 0.3 is 0 Å². The molecule has 63 valence electrons. The Morgan fingerprint density at radius 2 is 2.17 bits per heavy atom. The van der Waals surface area contributed by atoms with Gasteiger partial charge in [0.25, 0.3) is 0 Å². The van der Waals surface area contributed by atoms with E-state index in [0.717, 1.165) is 5.92 Å². The second-order valence-corrected chi connectivity index (χ2v) is 3.58. The zero-order chi connectivity index (χ0) is 8.39. The van der Waals surface area contributed by atoms with Crippen LogP contribution < -0.4 is 0 Å². The molecule has 1 atom stereocenters. The van der Waals surface area contributed by atoms with Crippen molar-refractivity contribution >= 4 is 0 Å². The topological polar surface area (TPSA) is 3.24 Å². The van der Waals surface area contributed by atoms with Crippen LogP contribution in [0.3, 0.4) is 0 Å². The number of rotatable bonds is 1. The first kappa shape index (κ1) is 7.81. The van der Waals surface area contributed by atoms with Crippen LogP contribution in [-0.4, -0.2) is 25.0 Å². The molecule has 0 amide bonds. The molecule has 2 rings (SSSR count). The van der Waals surface area contributed by atoms with Crippen LogP contribution >= 0.6 is 0 Å². The molecular formula is C11H14N. The van der Waals surface area contributed by atoms with E-state index in [1.165, 1.54) is 25.1 Å². The van der Waals surface area contributed by atoms with Crippen molar-refractivity contribution in [2.45, 2.75) is 12.3 Å². The molecule has 0 aromatic heterocycles. The maximum absolute atomic E-state index is 3.05. The Kier molecular flexibility index (Phi) is 2.13. The van der Waals surface area contributed by atoms with E-state index in [-0.39, 0.29) is 0 Å². The molecule has 1 aromatic rings. The Labute approximate surface area is 74.0 Å². The van der Waals surface area contributed by atoms with Gasteiger partial charge < -0.3 is 4.90 Å². The third-order valence-corrected chi connectivity index (χ3v) is 2.61. The van der Waals surface area contributed by atoms with Crippen molar-refractivity contribution in [3.8, 4) is 0 Å². The van der Waals surface area contributed by atoms with Gasteiger partial charge in [-0.1, -0.05) is 24.3 Å². The molecule has 0 bridgehead atoms. The Hall–Kier alpha value is -0.820. The van der Waals surface area contributed by atoms with E-state index < -0.39 is 0 Å². The normalized spacial score (nSPS) is 24.6. The second-order valence-electron chi connectivity index (χ2n) is 3.58. The van der Waals surface area contributed by atoms with E-state index >= 15 is 0 Å². The van der Waals surface area contributed by atoms with E-state index in [4.69, 9.17) is 0 Å². The van der Waals surface area contributed by atoms with Crippen molar-refractivity contribution in [3.05, 3.63) is 35.9 Å². The number of likely N-dealkylation sites (tertiary alicyclic amines) is 1. The van der Waals surface area contributed by atoms with Crippen molar-refractivity contribution in [3.63, 3.8) is 0 Å². The molecule has 12 heavy (non-hydrogen) atoms. The van der Waals surface area contributed by atoms with E-state index in [1.807, 2.05) is 12.1 Å². The van der Waals surface area contributed by atoms with Crippen LogP contribution in [-0.2, 0) is 0 Å². The maximum atomic E-state index is 3.05. The van der Waals surface area contributed by atoms with Crippen molar-refractivity contribution in [1.82, 2.24) is 4.90 Å². The monoisotopic (exact) mass is 160 g/mol. The van der Waals surface area contributed by atoms with E-state index in [9.17, 15) is 0 Å². The quantitative estimate of drug-likeness (QED) is 0.606. The number of likely N-dealkylation sites (N-methyl/N-ethyl adjacent to an activating group) is 1. The summed E-state index contributed by atoms with van der Waals surface area (Å²) in [7, 11) is 2.19. The fourth-order valence-electron chi connectivity index (χ4n) is 1.88. The van der Waals surface area contributed by atoms with Crippen LogP contribution in [0.5, 0.6) is 0 Å². The van der Waals surface area contributed by atoms with Crippen molar-refractivity contribution < 1.29 is 0 Å². The van der Waals surface area contributed by atoms with Crippen molar-refractivity contribution in [2.24, 2.45) is 0 Å². The molecule has 1 nitrogen and oxygen atoms in total. The number of hydrogen-bond acceptors (Lipinski definition) is 1. The molecule has 0 N–H and O–H groups in total. The number of benzene rings is 1. The third kappa shape index (κ3) is 1.51. The van der Waals surface area contributed by atoms with Gasteiger partial charge in [0, 0.05) is 6.54 Å². The van der Waals surface area contributed by atoms with Gasteiger partial charge in [-0.15, -0.1) is 0 Å². The largest absolute Gasteiger partial charge is 0.306 e. The van der Waals surface area contributed by atoms with Gasteiger partial charge in [0.1, 0.15) is 0 Å². The molecule has 0 unspecified atom stereocenters. The molecule has 1 aliphatic heterocycles. The fraction of sp³-hybridized carbons (Fsp3) is 0.455. The highest BCUT2D eigenvalue weighted by molar-refractivity contribution is 5.20. The van der Waals surface area contributed by atoms with Crippen LogP contribution in [0.25, 0.3) is 0 Å². The first-order valence-electron chi connectivity index (χ1n) is 4.51. The predicted molar refractivity (Wildman–Crippen MR) is 50.1 cm³/mol. The van der Waals surface area contributed by atoms with Crippen LogP contribution in [0.2, 0.25) is 0 Å². The van der Waals surface area contributed by atoms with Gasteiger partial charge in [-0.2, -0.15) is 0 Å². The summed E-state index contributed by atoms with van der Waals surface area (Å²) in [6.07, 6.45) is 1.31. The molecule has 0 saturated carbocycles. The Morgan fingerprint density at radius 3 is 2.75 bits per heavy atom. The molecule has 1 aromatic carbocycles. The second kappa shape index (κ2) is 3.28. The lowest BCUT2D eigenvalue weighted by atomic mass is 9.99. The third-order valence-electron chi connectivity index (χ3n) is 2.61. The Morgan fingerprint density at radius 1 is 1.42 bits per heavy atom. The smallest absolute Gasteiger partial charge is 0.00477 e. The van der Waals surface area contributed by atoms with Gasteiger partial charge in [-0.3, -0.25) is 0 Å². The highest BCUT2D eigenvalue weighted by Gasteiger charge is 2.20. The summed E-state index contributed by atoms with van der Waals surface area (Å²) < 4.78 is 0. The highest BCUT2D eigenvalue weighted by Crippen LogP contribution is 2.25. The molecule has 1 radical (unpaired) electrons. The molecular weight excluding hydrogens is 146 g/mol. The zero-order valence-electron chi connectivity index (χ0n) is 7.46. The average Bonchev–Trinajstić information content (AvgIpc) is 2.54. The average molecular weight is 160 g/mol. The summed E-state index contributed by atoms with van der Waals surface area (Å²) in [6, 6.07) is 11.4. The molecule has 0 spiro atoms. The highest BCUT2D eigenvalue weighted by atomic mass is 15.1. The lowest BCUT2D eigenvalue weighted by molar-refractivity contribution is 0.411. The number of nitrogens with zero attached hydrogens (tertiary/aromatic N) is 1. The van der Waals surface area contributed by atoms with Gasteiger partial charge in [-0.05, 0) is 37.6 Å². The molecule has 1 heterocycles. The predicted octanol–water partition coefficient (Wildman–Crippen LogP) is 1.91. The maximum Gasteiger partial charge on any atom is 0.00477 e. The van der Waals surface area contributed by atoms with Crippen LogP contribution in [0.4, 0.5) is 0 Å². The molecule has 1 fully saturated rings. The van der Waals surface area contributed by atoms with Crippen LogP contribution in [0.1, 0.15) is 17.9 Å². The van der Waals surface area contributed by atoms with Crippen LogP contribution in [0.15, 0.2) is 24.3 Å². The summed E-state index contributed by atoms with van der Waals surface area (Å²) in [6.45, 7) is 2.45. The van der Waals surface area contributed by atoms with Crippen LogP contribution in [0, 0.1) is 6.07 Å². The van der Waals surface area contributed by atoms with E-state index in [1.54, 1.807) is 0 Å². The summed E-state index contributed by atoms with van der Waals surface area (Å²) in [5.41, 5.74) is 1.47. The van der Waals surface area contributed by atoms with Crippen molar-refractivity contribution in [2.75, 3.05) is 20.1 Å². The lowest BCUT2D eigenvalue weighted by Crippen LogP contribution is -2.13. The van der Waals surface area contributed by atoms with E-state index in [0.29, 0.717) is 0 Å². The van der Waals surface area contributed by atoms with Gasteiger partial charge in [-0.25, -0.2) is 0 Å². The minimum Gasteiger partial charge on any atom is -0.306 e. The van der Waals surface area contributed by atoms with Gasteiger partial charge in [0.05, 0.1) is 0 Å². The first-order chi connectivity index (χ1) is 5.86. The minimum absolute atomic E-state index is 0.754. The summed E-state index contributed by atoms with van der Waals surface area (Å²) in [5, 5.41) is 0. The molecule has 1 saturated heterocycles. The molecule has 1 aliphatic rings. The van der Waals surface area contributed by atoms with Gasteiger partial charge in [0.15, 0.2) is 0 Å². The molecule has 1 heteroatoms. The van der Waals surface area contributed by atoms with Crippen molar-refractivity contribution in [1.29, 1.82) is 0 Å². The zero-order valence-corrected chi connectivity index (χ0v) is 7.46. The first-order valence-corrected chi connectivity index (χ1v) is 4.51. The van der Waals surface area contributed by atoms with E-state index in [2.05, 4.69) is 30.1 Å². The molecule has 0 aliphatic carbocycles. The van der Waals surface area contributed by atoms with Gasteiger partial charge in [0.2, 0.25) is 0 Å². The Bertz CT molecular complexity index is 242. The summed E-state index contributed by atoms with van der Waals surface area (Å²) in [5.74, 6) is 0.754. The standard InChI is InChI=1S/C11H14N/c1-12-8-7-11(9-12)10-5-3-2-4-6-10/h3-6,11H,7-9H2,1H3/t11-/m0/s1. The Balaban J connectivity index is 2.11. The summed E-state index contributed by atoms with van der Waals surface area (Å²) >= 11 is 0. The lowest BCUT2D eigenvalue weighted by Gasteiger charge is -2.09. The minimum atomic E-state index is 0.754.